The van der Waals surface area contributed by atoms with E-state index in [1.165, 1.54) is 11.1 Å². The summed E-state index contributed by atoms with van der Waals surface area (Å²) < 4.78 is 5.89. The summed E-state index contributed by atoms with van der Waals surface area (Å²) in [4.78, 5) is 25.4. The van der Waals surface area contributed by atoms with E-state index < -0.39 is 17.9 Å². The highest BCUT2D eigenvalue weighted by molar-refractivity contribution is 6.02. The van der Waals surface area contributed by atoms with Crippen LogP contribution in [0, 0.1) is 18.8 Å². The summed E-state index contributed by atoms with van der Waals surface area (Å²) in [6, 6.07) is 21.7. The van der Waals surface area contributed by atoms with Crippen LogP contribution in [0.15, 0.2) is 66.7 Å². The van der Waals surface area contributed by atoms with Crippen molar-refractivity contribution in [2.45, 2.75) is 84.6 Å². The smallest absolute Gasteiger partial charge is 0.326 e. The van der Waals surface area contributed by atoms with Gasteiger partial charge in [-0.25, -0.2) is 4.79 Å². The number of amides is 1. The normalized spacial score (nSPS) is 12.3. The minimum Gasteiger partial charge on any atom is -0.480 e. The van der Waals surface area contributed by atoms with Gasteiger partial charge in [0.05, 0.1) is 6.61 Å². The summed E-state index contributed by atoms with van der Waals surface area (Å²) in [5.41, 5.74) is 7.01. The second-order valence-electron chi connectivity index (χ2n) is 11.0. The molecule has 0 aliphatic rings. The third kappa shape index (κ3) is 9.33. The third-order valence-electron chi connectivity index (χ3n) is 7.58. The maximum Gasteiger partial charge on any atom is 0.326 e. The molecule has 3 rings (SSSR count). The average Bonchev–Trinajstić information content (AvgIpc) is 2.98. The molecular weight excluding hydrogens is 522 g/mol. The number of carbonyl (C=O) groups is 2. The molecule has 0 aromatic heterocycles. The van der Waals surface area contributed by atoms with Crippen molar-refractivity contribution >= 4 is 11.9 Å². The van der Waals surface area contributed by atoms with Gasteiger partial charge in [0.15, 0.2) is 0 Å². The van der Waals surface area contributed by atoms with Crippen molar-refractivity contribution in [3.05, 3.63) is 94.5 Å². The van der Waals surface area contributed by atoms with Crippen molar-refractivity contribution in [2.24, 2.45) is 0 Å². The van der Waals surface area contributed by atoms with Gasteiger partial charge in [-0.15, -0.1) is 11.8 Å². The molecule has 0 saturated carbocycles. The van der Waals surface area contributed by atoms with Crippen LogP contribution in [0.3, 0.4) is 0 Å². The van der Waals surface area contributed by atoms with Gasteiger partial charge in [-0.05, 0) is 78.5 Å². The molecule has 0 bridgehead atoms. The van der Waals surface area contributed by atoms with Gasteiger partial charge in [0.2, 0.25) is 0 Å². The van der Waals surface area contributed by atoms with Gasteiger partial charge >= 0.3 is 5.97 Å². The highest BCUT2D eigenvalue weighted by Gasteiger charge is 2.23. The Morgan fingerprint density at radius 1 is 0.905 bits per heavy atom. The number of aliphatic carboxylic acids is 1. The zero-order valence-electron chi connectivity index (χ0n) is 25.7. The highest BCUT2D eigenvalue weighted by Crippen LogP contribution is 2.31. The molecule has 1 amide bonds. The number of nitrogens with one attached hydrogen (secondary N) is 1. The van der Waals surface area contributed by atoms with Crippen LogP contribution in [0.25, 0.3) is 11.1 Å². The van der Waals surface area contributed by atoms with Crippen molar-refractivity contribution in [1.29, 1.82) is 0 Å². The Labute approximate surface area is 251 Å². The second kappa shape index (κ2) is 16.5. The Bertz CT molecular complexity index is 1400. The maximum absolute atomic E-state index is 13.5. The lowest BCUT2D eigenvalue weighted by Crippen LogP contribution is -2.40. The molecule has 0 spiro atoms. The first-order chi connectivity index (χ1) is 20.2. The summed E-state index contributed by atoms with van der Waals surface area (Å²) in [5, 5.41) is 12.5. The van der Waals surface area contributed by atoms with Crippen LogP contribution in [0.5, 0.6) is 0 Å². The van der Waals surface area contributed by atoms with Crippen LogP contribution in [0.2, 0.25) is 0 Å². The van der Waals surface area contributed by atoms with Gasteiger partial charge in [0.25, 0.3) is 5.91 Å². The van der Waals surface area contributed by atoms with E-state index in [2.05, 4.69) is 61.3 Å². The molecule has 3 aromatic rings. The molecule has 5 heteroatoms. The number of carboxylic acids is 1. The number of rotatable bonds is 14. The van der Waals surface area contributed by atoms with Crippen LogP contribution >= 0.6 is 0 Å². The molecule has 3 aromatic carbocycles. The summed E-state index contributed by atoms with van der Waals surface area (Å²) in [6.07, 6.45) is 3.11. The Kier molecular flexibility index (Phi) is 12.8. The topological polar surface area (TPSA) is 75.6 Å². The molecule has 2 atom stereocenters. The molecular formula is C37H45NO4. The van der Waals surface area contributed by atoms with E-state index in [0.717, 1.165) is 35.1 Å². The minimum atomic E-state index is -1.06. The number of carbonyl (C=O) groups excluding carboxylic acids is 1. The van der Waals surface area contributed by atoms with E-state index in [1.807, 2.05) is 57.2 Å². The van der Waals surface area contributed by atoms with Crippen LogP contribution in [0.1, 0.15) is 97.8 Å². The lowest BCUT2D eigenvalue weighted by Gasteiger charge is -2.20. The van der Waals surface area contributed by atoms with E-state index in [9.17, 15) is 14.7 Å². The summed E-state index contributed by atoms with van der Waals surface area (Å²) in [6.45, 7) is 11.7. The van der Waals surface area contributed by atoms with Gasteiger partial charge < -0.3 is 15.2 Å². The first-order valence-corrected chi connectivity index (χ1v) is 15.1. The van der Waals surface area contributed by atoms with Gasteiger partial charge in [-0.2, -0.15) is 0 Å². The summed E-state index contributed by atoms with van der Waals surface area (Å²) in [5.74, 6) is 5.18. The molecule has 0 heterocycles. The molecule has 0 unspecified atom stereocenters. The second-order valence-corrected chi connectivity index (χ2v) is 11.0. The van der Waals surface area contributed by atoms with Gasteiger partial charge in [-0.3, -0.25) is 4.79 Å². The van der Waals surface area contributed by atoms with E-state index in [4.69, 9.17) is 4.74 Å². The molecule has 2 N–H and O–H groups in total. The largest absolute Gasteiger partial charge is 0.480 e. The van der Waals surface area contributed by atoms with E-state index in [-0.39, 0.29) is 12.3 Å². The molecule has 5 nitrogen and oxygen atoms in total. The fraction of sp³-hybridized carbons (Fsp3) is 0.405. The van der Waals surface area contributed by atoms with Crippen LogP contribution in [0.4, 0.5) is 0 Å². The van der Waals surface area contributed by atoms with Crippen molar-refractivity contribution in [1.82, 2.24) is 5.32 Å². The Morgan fingerprint density at radius 2 is 1.67 bits per heavy atom. The number of ether oxygens (including phenoxy) is 1. The number of hydrogen-bond acceptors (Lipinski definition) is 3. The lowest BCUT2D eigenvalue weighted by atomic mass is 9.88. The fourth-order valence-electron chi connectivity index (χ4n) is 5.09. The monoisotopic (exact) mass is 567 g/mol. The number of benzene rings is 3. The van der Waals surface area contributed by atoms with Crippen molar-refractivity contribution in [2.75, 3.05) is 13.2 Å². The van der Waals surface area contributed by atoms with Gasteiger partial charge in [-0.1, -0.05) is 81.4 Å². The van der Waals surface area contributed by atoms with Crippen LogP contribution in [-0.2, 0) is 16.0 Å². The Morgan fingerprint density at radius 3 is 2.36 bits per heavy atom. The summed E-state index contributed by atoms with van der Waals surface area (Å²) in [7, 11) is 0. The SMILES string of the molecule is CCC#CCC[C@H](NC(=O)c1ccc(CC[C@@H](COCC)c2cccc(C(C)C)c2)cc1-c1ccccc1C)C(=O)O. The Hall–Kier alpha value is -3.88. The molecule has 0 aliphatic carbocycles. The summed E-state index contributed by atoms with van der Waals surface area (Å²) >= 11 is 0. The zero-order chi connectivity index (χ0) is 30.5. The molecule has 222 valence electrons. The van der Waals surface area contributed by atoms with Crippen LogP contribution in [-0.4, -0.2) is 36.2 Å². The zero-order valence-corrected chi connectivity index (χ0v) is 25.7. The van der Waals surface area contributed by atoms with Crippen LogP contribution < -0.4 is 5.32 Å². The molecule has 0 saturated heterocycles. The molecule has 0 fully saturated rings. The van der Waals surface area contributed by atoms with E-state index in [1.54, 1.807) is 0 Å². The fourth-order valence-corrected chi connectivity index (χ4v) is 5.09. The van der Waals surface area contributed by atoms with Gasteiger partial charge in [0.1, 0.15) is 6.04 Å². The first-order valence-electron chi connectivity index (χ1n) is 15.1. The van der Waals surface area contributed by atoms with Crippen molar-refractivity contribution in [3.63, 3.8) is 0 Å². The van der Waals surface area contributed by atoms with Crippen molar-refractivity contribution in [3.8, 4) is 23.0 Å². The predicted octanol–water partition coefficient (Wildman–Crippen LogP) is 7.91. The molecule has 0 radical (unpaired) electrons. The minimum absolute atomic E-state index is 0.251. The standard InChI is InChI=1S/C37H45NO4/c1-6-8-9-10-18-35(37(40)41)38-36(39)33-22-20-28(23-34(33)32-17-12-11-14-27(32)5)19-21-31(25-42-7-2)30-16-13-15-29(24-30)26(3)4/h11-17,20,22-24,26,31,35H,6-7,10,18-19,21,25H2,1-5H3,(H,38,39)(H,40,41)/t31-,35-/m0/s1. The lowest BCUT2D eigenvalue weighted by molar-refractivity contribution is -0.139. The third-order valence-corrected chi connectivity index (χ3v) is 7.58. The number of hydrogen-bond donors (Lipinski definition) is 2. The molecule has 42 heavy (non-hydrogen) atoms. The van der Waals surface area contributed by atoms with E-state index in [0.29, 0.717) is 37.5 Å². The number of carboxylic acid groups (broad SMARTS) is 1. The van der Waals surface area contributed by atoms with E-state index >= 15 is 0 Å². The highest BCUT2D eigenvalue weighted by atomic mass is 16.5. The van der Waals surface area contributed by atoms with Gasteiger partial charge in [0, 0.05) is 30.9 Å². The quantitative estimate of drug-likeness (QED) is 0.194. The average molecular weight is 568 g/mol. The van der Waals surface area contributed by atoms with Crippen molar-refractivity contribution < 1.29 is 19.4 Å². The predicted molar refractivity (Wildman–Crippen MR) is 171 cm³/mol. The maximum atomic E-state index is 13.5. The number of aryl methyl sites for hydroxylation is 2. The Balaban J connectivity index is 1.90. The molecule has 0 aliphatic heterocycles. The first kappa shape index (κ1) is 32.6.